The fourth-order valence-electron chi connectivity index (χ4n) is 5.97. The highest BCUT2D eigenvalue weighted by atomic mass is 35.5. The number of nitriles is 1. The first kappa shape index (κ1) is 29.1. The Labute approximate surface area is 260 Å². The molecule has 1 aliphatic carbocycles. The predicted molar refractivity (Wildman–Crippen MR) is 168 cm³/mol. The summed E-state index contributed by atoms with van der Waals surface area (Å²) in [7, 11) is 1.91. The normalized spacial score (nSPS) is 16.9. The molecule has 1 fully saturated rings. The third-order valence-corrected chi connectivity index (χ3v) is 8.34. The molecule has 2 N–H and O–H groups in total. The fourth-order valence-corrected chi connectivity index (χ4v) is 6.14. The highest BCUT2D eigenvalue weighted by Gasteiger charge is 2.36. The Morgan fingerprint density at radius 3 is 2.55 bits per heavy atom. The number of carbonyl (C=O) groups excluding carboxylic acids is 2. The number of fused-ring (bicyclic) bond motifs is 2. The number of piperazine rings is 1. The number of hydrogen-bond acceptors (Lipinski definition) is 6. The number of nitrogens with one attached hydrogen (secondary N) is 2. The fraction of sp³-hybridized carbons (Fsp3) is 0.242. The monoisotopic (exact) mass is 606 g/mol. The first-order chi connectivity index (χ1) is 21.3. The van der Waals surface area contributed by atoms with Gasteiger partial charge in [0, 0.05) is 57.1 Å². The van der Waals surface area contributed by atoms with Gasteiger partial charge in [0.2, 0.25) is 5.91 Å². The van der Waals surface area contributed by atoms with Gasteiger partial charge in [0.05, 0.1) is 47.6 Å². The van der Waals surface area contributed by atoms with Crippen molar-refractivity contribution in [2.45, 2.75) is 19.0 Å². The molecule has 0 spiro atoms. The van der Waals surface area contributed by atoms with Gasteiger partial charge in [0.25, 0.3) is 0 Å². The van der Waals surface area contributed by atoms with E-state index in [4.69, 9.17) is 21.8 Å². The molecule has 0 bridgehead atoms. The van der Waals surface area contributed by atoms with Crippen molar-refractivity contribution in [1.82, 2.24) is 29.7 Å². The molecule has 2 aromatic carbocycles. The molecule has 2 atom stereocenters. The number of hydrogen-bond donors (Lipinski definition) is 2. The number of carbonyl (C=O) groups is 2. The smallest absolute Gasteiger partial charge is 0.321 e. The van der Waals surface area contributed by atoms with Crippen LogP contribution in [0.15, 0.2) is 73.3 Å². The highest BCUT2D eigenvalue weighted by molar-refractivity contribution is 6.30. The van der Waals surface area contributed by atoms with E-state index in [2.05, 4.69) is 32.7 Å². The summed E-state index contributed by atoms with van der Waals surface area (Å²) in [5.74, 6) is -0.164. The van der Waals surface area contributed by atoms with Crippen LogP contribution in [0.25, 0.3) is 11.6 Å². The molecule has 3 heterocycles. The van der Waals surface area contributed by atoms with Crippen LogP contribution in [0.1, 0.15) is 52.6 Å². The van der Waals surface area contributed by atoms with Crippen molar-refractivity contribution in [3.8, 4) is 6.07 Å². The van der Waals surface area contributed by atoms with Gasteiger partial charge in [-0.1, -0.05) is 23.7 Å². The number of aromatic nitrogens is 3. The maximum absolute atomic E-state index is 13.1. The van der Waals surface area contributed by atoms with Crippen molar-refractivity contribution in [2.75, 3.05) is 31.5 Å². The van der Waals surface area contributed by atoms with Crippen LogP contribution in [-0.2, 0) is 11.8 Å². The standard InChI is InChI=1S/C33H31ClN8O2/c1-21(43)38-31(29-19-36-20-40(29)2)28-16-23-4-3-11-37-30(23)32(26-10-7-24(34)17-27(26)28)41-12-14-42(15-13-41)33(44)39-25-8-5-22(18-35)6-9-25/h3-11,16-17,19-20,31-32H,12-15H2,1-2H3,(H,38,43)(H,39,44). The third kappa shape index (κ3) is 5.80. The van der Waals surface area contributed by atoms with Crippen molar-refractivity contribution in [1.29, 1.82) is 5.26 Å². The lowest BCUT2D eigenvalue weighted by Gasteiger charge is -2.39. The van der Waals surface area contributed by atoms with Crippen LogP contribution in [0.4, 0.5) is 10.5 Å². The van der Waals surface area contributed by atoms with Crippen molar-refractivity contribution < 1.29 is 9.59 Å². The average Bonchev–Trinajstić information content (AvgIpc) is 3.40. The van der Waals surface area contributed by atoms with E-state index in [0.29, 0.717) is 42.5 Å². The summed E-state index contributed by atoms with van der Waals surface area (Å²) < 4.78 is 1.90. The summed E-state index contributed by atoms with van der Waals surface area (Å²) in [6, 6.07) is 17.9. The summed E-state index contributed by atoms with van der Waals surface area (Å²) in [4.78, 5) is 38.9. The molecule has 2 aromatic heterocycles. The van der Waals surface area contributed by atoms with Gasteiger partial charge >= 0.3 is 6.03 Å². The molecule has 3 amide bonds. The van der Waals surface area contributed by atoms with Gasteiger partial charge in [-0.15, -0.1) is 0 Å². The highest BCUT2D eigenvalue weighted by Crippen LogP contribution is 2.44. The Balaban J connectivity index is 1.33. The quantitative estimate of drug-likeness (QED) is 0.330. The van der Waals surface area contributed by atoms with Crippen LogP contribution in [-0.4, -0.2) is 62.5 Å². The van der Waals surface area contributed by atoms with E-state index in [9.17, 15) is 9.59 Å². The topological polar surface area (TPSA) is 119 Å². The van der Waals surface area contributed by atoms with E-state index >= 15 is 0 Å². The van der Waals surface area contributed by atoms with Crippen molar-refractivity contribution in [2.24, 2.45) is 7.05 Å². The van der Waals surface area contributed by atoms with Gasteiger partial charge in [-0.25, -0.2) is 9.78 Å². The van der Waals surface area contributed by atoms with Gasteiger partial charge in [-0.05, 0) is 70.8 Å². The van der Waals surface area contributed by atoms with Crippen LogP contribution in [0.2, 0.25) is 5.02 Å². The van der Waals surface area contributed by atoms with Gasteiger partial charge in [0.15, 0.2) is 0 Å². The SMILES string of the molecule is CC(=O)NC(C1=Cc2cccnc2C(N2CCN(C(=O)Nc3ccc(C#N)cc3)CC2)c2ccc(Cl)cc21)c1cncn1C. The summed E-state index contributed by atoms with van der Waals surface area (Å²) >= 11 is 6.62. The average molecular weight is 607 g/mol. The molecule has 2 aliphatic rings. The first-order valence-corrected chi connectivity index (χ1v) is 14.7. The van der Waals surface area contributed by atoms with Gasteiger partial charge < -0.3 is 20.1 Å². The number of aryl methyl sites for hydroxylation is 1. The van der Waals surface area contributed by atoms with Crippen LogP contribution < -0.4 is 10.6 Å². The second-order valence-corrected chi connectivity index (χ2v) is 11.4. The Morgan fingerprint density at radius 1 is 1.09 bits per heavy atom. The number of urea groups is 1. The number of rotatable bonds is 5. The molecule has 0 saturated carbocycles. The molecule has 222 valence electrons. The molecule has 1 aliphatic heterocycles. The van der Waals surface area contributed by atoms with E-state index in [1.165, 1.54) is 6.92 Å². The van der Waals surface area contributed by atoms with E-state index in [-0.39, 0.29) is 18.0 Å². The number of anilines is 1. The van der Waals surface area contributed by atoms with E-state index in [0.717, 1.165) is 33.7 Å². The second kappa shape index (κ2) is 12.3. The summed E-state index contributed by atoms with van der Waals surface area (Å²) in [6.07, 6.45) is 7.37. The first-order valence-electron chi connectivity index (χ1n) is 14.3. The molecular weight excluding hydrogens is 576 g/mol. The van der Waals surface area contributed by atoms with Crippen LogP contribution >= 0.6 is 11.6 Å². The molecule has 44 heavy (non-hydrogen) atoms. The Morgan fingerprint density at radius 2 is 1.86 bits per heavy atom. The molecular formula is C33H31ClN8O2. The van der Waals surface area contributed by atoms with Crippen molar-refractivity contribution >= 4 is 40.9 Å². The molecule has 10 nitrogen and oxygen atoms in total. The summed E-state index contributed by atoms with van der Waals surface area (Å²) in [5.41, 5.74) is 6.68. The minimum Gasteiger partial charge on any atom is -0.344 e. The molecule has 1 saturated heterocycles. The predicted octanol–water partition coefficient (Wildman–Crippen LogP) is 5.01. The summed E-state index contributed by atoms with van der Waals surface area (Å²) in [5, 5.41) is 15.7. The molecule has 2 unspecified atom stereocenters. The lowest BCUT2D eigenvalue weighted by Crippen LogP contribution is -2.51. The van der Waals surface area contributed by atoms with Gasteiger partial charge in [-0.3, -0.25) is 14.7 Å². The zero-order chi connectivity index (χ0) is 30.8. The molecule has 0 radical (unpaired) electrons. The lowest BCUT2D eigenvalue weighted by molar-refractivity contribution is -0.119. The third-order valence-electron chi connectivity index (χ3n) is 8.10. The number of halogens is 1. The van der Waals surface area contributed by atoms with Crippen LogP contribution in [0.3, 0.4) is 0 Å². The molecule has 4 aromatic rings. The van der Waals surface area contributed by atoms with Crippen LogP contribution in [0.5, 0.6) is 0 Å². The van der Waals surface area contributed by atoms with Gasteiger partial charge in [0.1, 0.15) is 0 Å². The van der Waals surface area contributed by atoms with Gasteiger partial charge in [-0.2, -0.15) is 5.26 Å². The number of imidazole rings is 1. The number of pyridine rings is 1. The Kier molecular flexibility index (Phi) is 8.15. The maximum Gasteiger partial charge on any atom is 0.321 e. The Bertz CT molecular complexity index is 1780. The van der Waals surface area contributed by atoms with E-state index in [1.807, 2.05) is 41.9 Å². The van der Waals surface area contributed by atoms with E-state index < -0.39 is 6.04 Å². The van der Waals surface area contributed by atoms with Crippen molar-refractivity contribution in [3.63, 3.8) is 0 Å². The number of benzene rings is 2. The van der Waals surface area contributed by atoms with Crippen LogP contribution in [0, 0.1) is 11.3 Å². The molecule has 6 rings (SSSR count). The number of amides is 3. The second-order valence-electron chi connectivity index (χ2n) is 10.9. The maximum atomic E-state index is 13.1. The minimum absolute atomic E-state index is 0.164. The summed E-state index contributed by atoms with van der Waals surface area (Å²) in [6.45, 7) is 3.79. The minimum atomic E-state index is -0.480. The molecule has 11 heteroatoms. The van der Waals surface area contributed by atoms with E-state index in [1.54, 1.807) is 47.9 Å². The largest absolute Gasteiger partial charge is 0.344 e. The lowest BCUT2D eigenvalue weighted by atomic mass is 9.89. The zero-order valence-electron chi connectivity index (χ0n) is 24.4. The zero-order valence-corrected chi connectivity index (χ0v) is 25.1. The number of nitrogens with zero attached hydrogens (tertiary/aromatic N) is 6. The Hall–Kier alpha value is -4.98. The van der Waals surface area contributed by atoms with Crippen molar-refractivity contribution in [3.05, 3.63) is 112 Å².